The summed E-state index contributed by atoms with van der Waals surface area (Å²) in [6, 6.07) is 5.73. The molecule has 0 amide bonds. The van der Waals surface area contributed by atoms with Crippen molar-refractivity contribution in [3.63, 3.8) is 0 Å². The second kappa shape index (κ2) is 10.6. The van der Waals surface area contributed by atoms with Gasteiger partial charge in [0, 0.05) is 13.1 Å². The van der Waals surface area contributed by atoms with Crippen LogP contribution in [0.25, 0.3) is 0 Å². The third-order valence-corrected chi connectivity index (χ3v) is 5.50. The molecule has 0 saturated heterocycles. The SMILES string of the molecule is CCCCN(CCCC)S(=O)(=O)CCCOc1ccc(F)cc1. The van der Waals surface area contributed by atoms with E-state index in [4.69, 9.17) is 4.74 Å². The Kier molecular flexibility index (Phi) is 9.17. The van der Waals surface area contributed by atoms with Gasteiger partial charge in [-0.1, -0.05) is 26.7 Å². The van der Waals surface area contributed by atoms with Crippen molar-refractivity contribution in [3.8, 4) is 5.75 Å². The maximum Gasteiger partial charge on any atom is 0.214 e. The highest BCUT2D eigenvalue weighted by atomic mass is 32.2. The van der Waals surface area contributed by atoms with E-state index in [-0.39, 0.29) is 11.6 Å². The first-order valence-electron chi connectivity index (χ1n) is 8.35. The van der Waals surface area contributed by atoms with Gasteiger partial charge < -0.3 is 4.74 Å². The van der Waals surface area contributed by atoms with Crippen LogP contribution in [0.15, 0.2) is 24.3 Å². The minimum atomic E-state index is -3.23. The summed E-state index contributed by atoms with van der Waals surface area (Å²) in [7, 11) is -3.23. The minimum absolute atomic E-state index is 0.0849. The van der Waals surface area contributed by atoms with Crippen LogP contribution in [0, 0.1) is 5.82 Å². The van der Waals surface area contributed by atoms with E-state index in [1.54, 1.807) is 16.4 Å². The number of rotatable bonds is 12. The summed E-state index contributed by atoms with van der Waals surface area (Å²) in [6.07, 6.45) is 4.15. The monoisotopic (exact) mass is 345 g/mol. The van der Waals surface area contributed by atoms with E-state index in [1.165, 1.54) is 12.1 Å². The number of nitrogens with zero attached hydrogens (tertiary/aromatic N) is 1. The quantitative estimate of drug-likeness (QED) is 0.541. The number of ether oxygens (including phenoxy) is 1. The molecule has 0 fully saturated rings. The van der Waals surface area contributed by atoms with Crippen molar-refractivity contribution in [2.75, 3.05) is 25.4 Å². The van der Waals surface area contributed by atoms with E-state index in [1.807, 2.05) is 0 Å². The van der Waals surface area contributed by atoms with E-state index in [0.717, 1.165) is 25.7 Å². The topological polar surface area (TPSA) is 46.6 Å². The van der Waals surface area contributed by atoms with E-state index in [2.05, 4.69) is 13.8 Å². The predicted molar refractivity (Wildman–Crippen MR) is 91.7 cm³/mol. The van der Waals surface area contributed by atoms with Crippen molar-refractivity contribution in [2.24, 2.45) is 0 Å². The average Bonchev–Trinajstić information content (AvgIpc) is 2.53. The first-order valence-corrected chi connectivity index (χ1v) is 9.96. The number of benzene rings is 1. The molecule has 0 N–H and O–H groups in total. The molecule has 0 saturated carbocycles. The fraction of sp³-hybridized carbons (Fsp3) is 0.647. The molecular formula is C17H28FNO3S. The van der Waals surface area contributed by atoms with Crippen LogP contribution in [0.3, 0.4) is 0 Å². The maximum atomic E-state index is 12.8. The largest absolute Gasteiger partial charge is 0.494 e. The molecule has 6 heteroatoms. The first-order chi connectivity index (χ1) is 11.0. The van der Waals surface area contributed by atoms with Crippen LogP contribution in [-0.4, -0.2) is 38.2 Å². The molecule has 1 aromatic rings. The third-order valence-electron chi connectivity index (χ3n) is 3.54. The highest BCUT2D eigenvalue weighted by molar-refractivity contribution is 7.89. The summed E-state index contributed by atoms with van der Waals surface area (Å²) in [4.78, 5) is 0. The van der Waals surface area contributed by atoms with Crippen molar-refractivity contribution < 1.29 is 17.5 Å². The smallest absolute Gasteiger partial charge is 0.214 e. The summed E-state index contributed by atoms with van der Waals surface area (Å²) in [6.45, 7) is 5.61. The van der Waals surface area contributed by atoms with Crippen molar-refractivity contribution >= 4 is 10.0 Å². The zero-order valence-corrected chi connectivity index (χ0v) is 14.9. The van der Waals surface area contributed by atoms with Gasteiger partial charge in [0.05, 0.1) is 12.4 Å². The van der Waals surface area contributed by atoms with Gasteiger partial charge >= 0.3 is 0 Å². The van der Waals surface area contributed by atoms with Gasteiger partial charge in [-0.25, -0.2) is 17.1 Å². The summed E-state index contributed by atoms with van der Waals surface area (Å²) >= 11 is 0. The van der Waals surface area contributed by atoms with E-state index in [9.17, 15) is 12.8 Å². The predicted octanol–water partition coefficient (Wildman–Crippen LogP) is 3.83. The molecule has 0 aliphatic carbocycles. The Bertz CT molecular complexity index is 523. The zero-order valence-electron chi connectivity index (χ0n) is 14.1. The Hall–Kier alpha value is -1.14. The normalized spacial score (nSPS) is 11.8. The van der Waals surface area contributed by atoms with Crippen LogP contribution in [0.2, 0.25) is 0 Å². The molecule has 23 heavy (non-hydrogen) atoms. The van der Waals surface area contributed by atoms with Gasteiger partial charge in [-0.15, -0.1) is 0 Å². The Balaban J connectivity index is 2.43. The van der Waals surface area contributed by atoms with E-state index in [0.29, 0.717) is 31.9 Å². The Morgan fingerprint density at radius 1 is 1.00 bits per heavy atom. The van der Waals surface area contributed by atoms with Gasteiger partial charge in [-0.3, -0.25) is 0 Å². The fourth-order valence-electron chi connectivity index (χ4n) is 2.15. The second-order valence-electron chi connectivity index (χ2n) is 5.58. The highest BCUT2D eigenvalue weighted by Crippen LogP contribution is 2.12. The van der Waals surface area contributed by atoms with Crippen LogP contribution >= 0.6 is 0 Å². The molecule has 0 heterocycles. The Labute approximate surface area is 139 Å². The summed E-state index contributed by atoms with van der Waals surface area (Å²) in [5.74, 6) is 0.321. The van der Waals surface area contributed by atoms with Crippen molar-refractivity contribution in [1.29, 1.82) is 0 Å². The molecule has 132 valence electrons. The van der Waals surface area contributed by atoms with Crippen LogP contribution in [0.1, 0.15) is 46.0 Å². The molecule has 0 radical (unpaired) electrons. The molecule has 0 aliphatic rings. The number of hydrogen-bond acceptors (Lipinski definition) is 3. The van der Waals surface area contributed by atoms with E-state index >= 15 is 0 Å². The average molecular weight is 345 g/mol. The van der Waals surface area contributed by atoms with Gasteiger partial charge in [0.1, 0.15) is 11.6 Å². The van der Waals surface area contributed by atoms with Crippen LogP contribution in [-0.2, 0) is 10.0 Å². The number of hydrogen-bond donors (Lipinski definition) is 0. The maximum absolute atomic E-state index is 12.8. The zero-order chi connectivity index (χ0) is 17.1. The van der Waals surface area contributed by atoms with Gasteiger partial charge in [-0.2, -0.15) is 0 Å². The van der Waals surface area contributed by atoms with Crippen molar-refractivity contribution in [2.45, 2.75) is 46.0 Å². The lowest BCUT2D eigenvalue weighted by Crippen LogP contribution is -2.35. The Morgan fingerprint density at radius 2 is 1.57 bits per heavy atom. The number of unbranched alkanes of at least 4 members (excludes halogenated alkanes) is 2. The van der Waals surface area contributed by atoms with Gasteiger partial charge in [-0.05, 0) is 43.5 Å². The highest BCUT2D eigenvalue weighted by Gasteiger charge is 2.20. The molecule has 0 unspecified atom stereocenters. The van der Waals surface area contributed by atoms with Gasteiger partial charge in [0.2, 0.25) is 10.0 Å². The van der Waals surface area contributed by atoms with Gasteiger partial charge in [0.25, 0.3) is 0 Å². The molecule has 1 rings (SSSR count). The van der Waals surface area contributed by atoms with Crippen LogP contribution < -0.4 is 4.74 Å². The molecule has 0 atom stereocenters. The first kappa shape index (κ1) is 19.9. The molecule has 4 nitrogen and oxygen atoms in total. The summed E-state index contributed by atoms with van der Waals surface area (Å²) < 4.78 is 44.7. The summed E-state index contributed by atoms with van der Waals surface area (Å²) in [5.41, 5.74) is 0. The lowest BCUT2D eigenvalue weighted by Gasteiger charge is -2.21. The standard InChI is InChI=1S/C17H28FNO3S/c1-3-5-12-19(13-6-4-2)23(20,21)15-7-14-22-17-10-8-16(18)9-11-17/h8-11H,3-7,12-15H2,1-2H3. The number of halogens is 1. The lowest BCUT2D eigenvalue weighted by molar-refractivity contribution is 0.315. The third kappa shape index (κ3) is 7.79. The number of sulfonamides is 1. The fourth-order valence-corrected chi connectivity index (χ4v) is 3.71. The molecular weight excluding hydrogens is 317 g/mol. The Morgan fingerprint density at radius 3 is 2.09 bits per heavy atom. The lowest BCUT2D eigenvalue weighted by atomic mass is 10.3. The van der Waals surface area contributed by atoms with Crippen LogP contribution in [0.5, 0.6) is 5.75 Å². The van der Waals surface area contributed by atoms with Crippen molar-refractivity contribution in [3.05, 3.63) is 30.1 Å². The summed E-state index contributed by atoms with van der Waals surface area (Å²) in [5, 5.41) is 0. The molecule has 0 bridgehead atoms. The van der Waals surface area contributed by atoms with Gasteiger partial charge in [0.15, 0.2) is 0 Å². The molecule has 0 aromatic heterocycles. The molecule has 1 aromatic carbocycles. The van der Waals surface area contributed by atoms with Crippen molar-refractivity contribution in [1.82, 2.24) is 4.31 Å². The molecule has 0 spiro atoms. The second-order valence-corrected chi connectivity index (χ2v) is 7.67. The van der Waals surface area contributed by atoms with Crippen LogP contribution in [0.4, 0.5) is 4.39 Å². The van der Waals surface area contributed by atoms with E-state index < -0.39 is 10.0 Å². The molecule has 0 aliphatic heterocycles. The minimum Gasteiger partial charge on any atom is -0.494 e.